The largest absolute Gasteiger partial charge is 0.370 e. The van der Waals surface area contributed by atoms with Gasteiger partial charge in [-0.25, -0.2) is 4.98 Å². The fourth-order valence-electron chi connectivity index (χ4n) is 3.78. The van der Waals surface area contributed by atoms with E-state index in [2.05, 4.69) is 32.8 Å². The second-order valence-corrected chi connectivity index (χ2v) is 7.06. The number of hydrogen-bond donors (Lipinski definition) is 0. The lowest BCUT2D eigenvalue weighted by atomic mass is 10.1. The first kappa shape index (κ1) is 16.8. The Balaban J connectivity index is 1.46. The molecule has 0 aromatic carbocycles. The molecule has 4 heterocycles. The summed E-state index contributed by atoms with van der Waals surface area (Å²) in [6.07, 6.45) is 7.78. The van der Waals surface area contributed by atoms with Gasteiger partial charge in [0, 0.05) is 51.7 Å². The SMILES string of the molecule is Cc1ccnc(N2CCN(C(=O)c3ccncc3N3CCCC3)CC2)c1. The molecule has 2 fully saturated rings. The molecule has 0 aliphatic carbocycles. The van der Waals surface area contributed by atoms with Gasteiger partial charge in [0.25, 0.3) is 5.91 Å². The summed E-state index contributed by atoms with van der Waals surface area (Å²) in [5, 5.41) is 0. The van der Waals surface area contributed by atoms with E-state index in [0.717, 1.165) is 56.3 Å². The maximum atomic E-state index is 13.1. The lowest BCUT2D eigenvalue weighted by Crippen LogP contribution is -2.49. The van der Waals surface area contributed by atoms with Crippen molar-refractivity contribution in [1.82, 2.24) is 14.9 Å². The third kappa shape index (κ3) is 3.36. The summed E-state index contributed by atoms with van der Waals surface area (Å²) in [7, 11) is 0. The maximum Gasteiger partial charge on any atom is 0.256 e. The third-order valence-corrected chi connectivity index (χ3v) is 5.27. The number of anilines is 2. The maximum absolute atomic E-state index is 13.1. The number of amides is 1. The molecule has 2 aromatic heterocycles. The van der Waals surface area contributed by atoms with E-state index in [1.807, 2.05) is 29.4 Å². The van der Waals surface area contributed by atoms with Gasteiger partial charge in [0.05, 0.1) is 17.4 Å². The number of aryl methyl sites for hydroxylation is 1. The van der Waals surface area contributed by atoms with Crippen molar-refractivity contribution in [2.24, 2.45) is 0 Å². The zero-order chi connectivity index (χ0) is 17.9. The van der Waals surface area contributed by atoms with Crippen LogP contribution in [0.5, 0.6) is 0 Å². The van der Waals surface area contributed by atoms with Crippen LogP contribution in [0.15, 0.2) is 36.8 Å². The zero-order valence-electron chi connectivity index (χ0n) is 15.3. The quantitative estimate of drug-likeness (QED) is 0.850. The van der Waals surface area contributed by atoms with E-state index in [0.29, 0.717) is 0 Å². The predicted molar refractivity (Wildman–Crippen MR) is 103 cm³/mol. The molecule has 2 aliphatic heterocycles. The van der Waals surface area contributed by atoms with E-state index in [1.165, 1.54) is 18.4 Å². The molecular weight excluding hydrogens is 326 g/mol. The van der Waals surface area contributed by atoms with Gasteiger partial charge in [0.1, 0.15) is 5.82 Å². The summed E-state index contributed by atoms with van der Waals surface area (Å²) in [5.41, 5.74) is 2.97. The predicted octanol–water partition coefficient (Wildman–Crippen LogP) is 2.35. The van der Waals surface area contributed by atoms with Crippen molar-refractivity contribution < 1.29 is 4.79 Å². The van der Waals surface area contributed by atoms with Crippen LogP contribution in [0.25, 0.3) is 0 Å². The molecule has 0 N–H and O–H groups in total. The van der Waals surface area contributed by atoms with Gasteiger partial charge in [0.15, 0.2) is 0 Å². The van der Waals surface area contributed by atoms with Gasteiger partial charge in [-0.05, 0) is 43.5 Å². The highest BCUT2D eigenvalue weighted by atomic mass is 16.2. The molecule has 0 atom stereocenters. The number of pyridine rings is 2. The minimum absolute atomic E-state index is 0.117. The lowest BCUT2D eigenvalue weighted by molar-refractivity contribution is 0.0747. The molecule has 0 bridgehead atoms. The van der Waals surface area contributed by atoms with Crippen molar-refractivity contribution in [2.75, 3.05) is 49.1 Å². The van der Waals surface area contributed by atoms with Gasteiger partial charge >= 0.3 is 0 Å². The van der Waals surface area contributed by atoms with E-state index in [9.17, 15) is 4.79 Å². The average molecular weight is 351 g/mol. The smallest absolute Gasteiger partial charge is 0.256 e. The first-order chi connectivity index (χ1) is 12.7. The van der Waals surface area contributed by atoms with Crippen LogP contribution in [0.2, 0.25) is 0 Å². The van der Waals surface area contributed by atoms with E-state index < -0.39 is 0 Å². The van der Waals surface area contributed by atoms with E-state index in [1.54, 1.807) is 6.20 Å². The normalized spacial score (nSPS) is 17.7. The summed E-state index contributed by atoms with van der Waals surface area (Å²) in [4.78, 5) is 28.3. The van der Waals surface area contributed by atoms with Gasteiger partial charge < -0.3 is 14.7 Å². The molecule has 0 unspecified atom stereocenters. The number of hydrogen-bond acceptors (Lipinski definition) is 5. The van der Waals surface area contributed by atoms with Crippen LogP contribution in [0, 0.1) is 6.92 Å². The summed E-state index contributed by atoms with van der Waals surface area (Å²) in [6, 6.07) is 5.98. The Labute approximate surface area is 154 Å². The molecule has 6 nitrogen and oxygen atoms in total. The third-order valence-electron chi connectivity index (χ3n) is 5.27. The molecule has 26 heavy (non-hydrogen) atoms. The van der Waals surface area contributed by atoms with Gasteiger partial charge in [-0.3, -0.25) is 9.78 Å². The van der Waals surface area contributed by atoms with Crippen molar-refractivity contribution in [3.8, 4) is 0 Å². The lowest BCUT2D eigenvalue weighted by Gasteiger charge is -2.36. The Hall–Kier alpha value is -2.63. The van der Waals surface area contributed by atoms with Crippen LogP contribution in [0.3, 0.4) is 0 Å². The topological polar surface area (TPSA) is 52.6 Å². The second-order valence-electron chi connectivity index (χ2n) is 7.06. The number of carbonyl (C=O) groups is 1. The summed E-state index contributed by atoms with van der Waals surface area (Å²) >= 11 is 0. The van der Waals surface area contributed by atoms with Crippen LogP contribution in [-0.2, 0) is 0 Å². The van der Waals surface area contributed by atoms with Crippen molar-refractivity contribution in [3.63, 3.8) is 0 Å². The Morgan fingerprint density at radius 3 is 2.46 bits per heavy atom. The number of nitrogens with zero attached hydrogens (tertiary/aromatic N) is 5. The monoisotopic (exact) mass is 351 g/mol. The number of piperazine rings is 1. The highest BCUT2D eigenvalue weighted by Crippen LogP contribution is 2.25. The summed E-state index contributed by atoms with van der Waals surface area (Å²) < 4.78 is 0. The Bertz CT molecular complexity index is 779. The molecule has 0 saturated carbocycles. The Morgan fingerprint density at radius 2 is 1.73 bits per heavy atom. The molecule has 6 heteroatoms. The molecule has 2 aromatic rings. The van der Waals surface area contributed by atoms with Gasteiger partial charge in [-0.2, -0.15) is 0 Å². The van der Waals surface area contributed by atoms with Crippen LogP contribution >= 0.6 is 0 Å². The van der Waals surface area contributed by atoms with Crippen molar-refractivity contribution in [1.29, 1.82) is 0 Å². The van der Waals surface area contributed by atoms with Gasteiger partial charge in [-0.15, -0.1) is 0 Å². The number of rotatable bonds is 3. The molecule has 136 valence electrons. The fraction of sp³-hybridized carbons (Fsp3) is 0.450. The first-order valence-electron chi connectivity index (χ1n) is 9.38. The molecule has 4 rings (SSSR count). The van der Waals surface area contributed by atoms with Crippen molar-refractivity contribution in [3.05, 3.63) is 47.9 Å². The van der Waals surface area contributed by atoms with Crippen LogP contribution < -0.4 is 9.80 Å². The molecule has 0 spiro atoms. The summed E-state index contributed by atoms with van der Waals surface area (Å²) in [6.45, 7) is 7.16. The minimum atomic E-state index is 0.117. The standard InChI is InChI=1S/C20H25N5O/c1-16-4-7-22-19(14-16)24-10-12-25(13-11-24)20(26)17-5-6-21-15-18(17)23-8-2-3-9-23/h4-7,14-15H,2-3,8-13H2,1H3. The fourth-order valence-corrected chi connectivity index (χ4v) is 3.78. The second kappa shape index (κ2) is 7.32. The molecule has 2 aliphatic rings. The molecule has 0 radical (unpaired) electrons. The van der Waals surface area contributed by atoms with E-state index in [4.69, 9.17) is 0 Å². The van der Waals surface area contributed by atoms with Crippen molar-refractivity contribution >= 4 is 17.4 Å². The van der Waals surface area contributed by atoms with Crippen LogP contribution in [-0.4, -0.2) is 60.0 Å². The van der Waals surface area contributed by atoms with E-state index >= 15 is 0 Å². The van der Waals surface area contributed by atoms with Gasteiger partial charge in [0.2, 0.25) is 0 Å². The number of aromatic nitrogens is 2. The minimum Gasteiger partial charge on any atom is -0.370 e. The molecular formula is C20H25N5O. The Morgan fingerprint density at radius 1 is 0.962 bits per heavy atom. The first-order valence-corrected chi connectivity index (χ1v) is 9.38. The number of carbonyl (C=O) groups excluding carboxylic acids is 1. The van der Waals surface area contributed by atoms with Crippen LogP contribution in [0.1, 0.15) is 28.8 Å². The highest BCUT2D eigenvalue weighted by Gasteiger charge is 2.26. The van der Waals surface area contributed by atoms with Crippen LogP contribution in [0.4, 0.5) is 11.5 Å². The highest BCUT2D eigenvalue weighted by molar-refractivity contribution is 5.99. The van der Waals surface area contributed by atoms with Gasteiger partial charge in [-0.1, -0.05) is 0 Å². The van der Waals surface area contributed by atoms with E-state index in [-0.39, 0.29) is 5.91 Å². The summed E-state index contributed by atoms with van der Waals surface area (Å²) in [5.74, 6) is 1.12. The zero-order valence-corrected chi connectivity index (χ0v) is 15.3. The van der Waals surface area contributed by atoms with Crippen molar-refractivity contribution in [2.45, 2.75) is 19.8 Å². The Kier molecular flexibility index (Phi) is 4.73. The average Bonchev–Trinajstić information content (AvgIpc) is 3.22. The molecule has 2 saturated heterocycles. The molecule has 1 amide bonds.